The third-order valence-corrected chi connectivity index (χ3v) is 7.12. The zero-order valence-electron chi connectivity index (χ0n) is 20.0. The first-order chi connectivity index (χ1) is 16.5. The zero-order chi connectivity index (χ0) is 23.7. The molecule has 2 heterocycles. The van der Waals surface area contributed by atoms with E-state index in [1.165, 1.54) is 24.8 Å². The van der Waals surface area contributed by atoms with E-state index in [1.54, 1.807) is 13.1 Å². The van der Waals surface area contributed by atoms with Crippen LogP contribution in [0.5, 0.6) is 0 Å². The van der Waals surface area contributed by atoms with Crippen molar-refractivity contribution in [3.8, 4) is 5.69 Å². The van der Waals surface area contributed by atoms with Gasteiger partial charge in [0.15, 0.2) is 11.5 Å². The molecular weight excluding hydrogens is 418 g/mol. The molecule has 2 aliphatic rings. The second-order valence-electron chi connectivity index (χ2n) is 9.34. The van der Waals surface area contributed by atoms with Crippen LogP contribution in [0.2, 0.25) is 0 Å². The Kier molecular flexibility index (Phi) is 5.78. The minimum Gasteiger partial charge on any atom is -0.383 e. The fourth-order valence-electron chi connectivity index (χ4n) is 4.87. The molecule has 0 radical (unpaired) electrons. The van der Waals surface area contributed by atoms with Crippen LogP contribution in [0.15, 0.2) is 78.3 Å². The number of aliphatic imine (C=N–C) groups is 1. The van der Waals surface area contributed by atoms with Crippen LogP contribution in [0.25, 0.3) is 28.0 Å². The molecule has 0 bridgehead atoms. The van der Waals surface area contributed by atoms with Gasteiger partial charge in [0.1, 0.15) is 11.4 Å². The summed E-state index contributed by atoms with van der Waals surface area (Å²) in [7, 11) is 1.69. The van der Waals surface area contributed by atoms with Gasteiger partial charge in [-0.05, 0) is 72.6 Å². The summed E-state index contributed by atoms with van der Waals surface area (Å²) in [4.78, 5) is 14.2. The average Bonchev–Trinajstić information content (AvgIpc) is 3.24. The number of nitrogens with zero attached hydrogens (tertiary/aromatic N) is 4. The van der Waals surface area contributed by atoms with E-state index in [0.717, 1.165) is 46.5 Å². The van der Waals surface area contributed by atoms with E-state index < -0.39 is 0 Å². The Bertz CT molecular complexity index is 1360. The van der Waals surface area contributed by atoms with Crippen LogP contribution in [0.4, 0.5) is 0 Å². The van der Waals surface area contributed by atoms with Gasteiger partial charge >= 0.3 is 0 Å². The molecule has 2 aromatic heterocycles. The third kappa shape index (κ3) is 3.81. The van der Waals surface area contributed by atoms with Gasteiger partial charge in [-0.25, -0.2) is 9.97 Å². The number of imidazole rings is 1. The fraction of sp³-hybridized carbons (Fsp3) is 0.276. The lowest BCUT2D eigenvalue weighted by Gasteiger charge is -2.39. The molecular formula is C29H31N5. The Hall–Kier alpha value is -3.73. The highest BCUT2D eigenvalue weighted by Gasteiger charge is 2.33. The molecule has 0 unspecified atom stereocenters. The van der Waals surface area contributed by atoms with Crippen molar-refractivity contribution in [2.75, 3.05) is 7.05 Å². The number of pyridine rings is 1. The van der Waals surface area contributed by atoms with Gasteiger partial charge in [0.2, 0.25) is 0 Å². The summed E-state index contributed by atoms with van der Waals surface area (Å²) in [6.07, 6.45) is 16.1. The molecule has 34 heavy (non-hydrogen) atoms. The third-order valence-electron chi connectivity index (χ3n) is 7.12. The van der Waals surface area contributed by atoms with Gasteiger partial charge in [-0.2, -0.15) is 0 Å². The summed E-state index contributed by atoms with van der Waals surface area (Å²) in [5.74, 6) is 1.12. The minimum atomic E-state index is 0.288. The monoisotopic (exact) mass is 449 g/mol. The number of aromatic nitrogens is 3. The van der Waals surface area contributed by atoms with E-state index in [-0.39, 0.29) is 5.41 Å². The summed E-state index contributed by atoms with van der Waals surface area (Å²) in [5.41, 5.74) is 13.4. The highest BCUT2D eigenvalue weighted by atomic mass is 15.1. The predicted octanol–water partition coefficient (Wildman–Crippen LogP) is 6.15. The van der Waals surface area contributed by atoms with Gasteiger partial charge in [-0.15, -0.1) is 0 Å². The van der Waals surface area contributed by atoms with Crippen molar-refractivity contribution in [2.45, 2.75) is 44.4 Å². The summed E-state index contributed by atoms with van der Waals surface area (Å²) in [6, 6.07) is 12.9. The number of amidine groups is 1. The maximum Gasteiger partial charge on any atom is 0.165 e. The van der Waals surface area contributed by atoms with E-state index in [1.807, 2.05) is 18.2 Å². The standard InChI is InChI=1S/C29H31N5/c1-4-9-23(26(30)31-3)27-33-25-17-16-24(20-10-6-5-7-11-20)32-28(25)34(27)22-14-12-21(13-15-22)29(2)18-8-19-29/h4,6,9-17H,1,5,7-8,18-19H2,2-3H3,(H2,30,31)/b23-9+. The molecule has 172 valence electrons. The Labute approximate surface area is 201 Å². The van der Waals surface area contributed by atoms with Crippen molar-refractivity contribution in [2.24, 2.45) is 10.7 Å². The summed E-state index contributed by atoms with van der Waals surface area (Å²) in [5, 5.41) is 0. The van der Waals surface area contributed by atoms with Gasteiger partial charge in [0.05, 0.1) is 11.3 Å². The van der Waals surface area contributed by atoms with E-state index in [4.69, 9.17) is 15.7 Å². The number of hydrogen-bond donors (Lipinski definition) is 1. The first-order valence-corrected chi connectivity index (χ1v) is 12.0. The maximum absolute atomic E-state index is 6.30. The molecule has 2 N–H and O–H groups in total. The SMILES string of the molecule is C=C/C=C(\C(N)=NC)c1nc2ccc(C3=CCCC=C3)nc2n1-c1ccc(C2(C)CCC2)cc1. The first-order valence-electron chi connectivity index (χ1n) is 12.0. The smallest absolute Gasteiger partial charge is 0.165 e. The predicted molar refractivity (Wildman–Crippen MR) is 142 cm³/mol. The second-order valence-corrected chi connectivity index (χ2v) is 9.34. The largest absolute Gasteiger partial charge is 0.383 e. The van der Waals surface area contributed by atoms with E-state index >= 15 is 0 Å². The summed E-state index contributed by atoms with van der Waals surface area (Å²) >= 11 is 0. The minimum absolute atomic E-state index is 0.288. The molecule has 1 fully saturated rings. The van der Waals surface area contributed by atoms with Crippen molar-refractivity contribution >= 4 is 28.1 Å². The zero-order valence-corrected chi connectivity index (χ0v) is 20.0. The molecule has 5 nitrogen and oxygen atoms in total. The van der Waals surface area contributed by atoms with Gasteiger partial charge in [0, 0.05) is 12.7 Å². The highest BCUT2D eigenvalue weighted by Crippen LogP contribution is 2.43. The van der Waals surface area contributed by atoms with Crippen LogP contribution >= 0.6 is 0 Å². The van der Waals surface area contributed by atoms with Crippen LogP contribution in [0.3, 0.4) is 0 Å². The number of nitrogens with two attached hydrogens (primary N) is 1. The Balaban J connectivity index is 1.72. The van der Waals surface area contributed by atoms with Crippen LogP contribution in [0.1, 0.15) is 56.1 Å². The van der Waals surface area contributed by atoms with Crippen LogP contribution in [0, 0.1) is 0 Å². The molecule has 5 heteroatoms. The van der Waals surface area contributed by atoms with Crippen molar-refractivity contribution in [1.82, 2.24) is 14.5 Å². The molecule has 0 spiro atoms. The normalized spacial score (nSPS) is 18.0. The summed E-state index contributed by atoms with van der Waals surface area (Å²) < 4.78 is 2.09. The van der Waals surface area contributed by atoms with Gasteiger partial charge in [-0.3, -0.25) is 9.56 Å². The number of rotatable bonds is 6. The molecule has 1 aromatic carbocycles. The Morgan fingerprint density at radius 3 is 2.53 bits per heavy atom. The number of allylic oxidation sites excluding steroid dienone is 6. The quantitative estimate of drug-likeness (QED) is 0.279. The number of hydrogen-bond acceptors (Lipinski definition) is 3. The van der Waals surface area contributed by atoms with E-state index in [9.17, 15) is 0 Å². The van der Waals surface area contributed by atoms with Gasteiger partial charge < -0.3 is 5.73 Å². The lowest BCUT2D eigenvalue weighted by molar-refractivity contribution is 0.272. The molecule has 5 rings (SSSR count). The maximum atomic E-state index is 6.30. The Morgan fingerprint density at radius 2 is 1.91 bits per heavy atom. The van der Waals surface area contributed by atoms with Gasteiger partial charge in [-0.1, -0.05) is 56.4 Å². The Morgan fingerprint density at radius 1 is 1.12 bits per heavy atom. The molecule has 0 amide bonds. The van der Waals surface area contributed by atoms with Crippen molar-refractivity contribution in [3.05, 3.63) is 90.4 Å². The van der Waals surface area contributed by atoms with E-state index in [2.05, 4.69) is 65.6 Å². The summed E-state index contributed by atoms with van der Waals surface area (Å²) in [6.45, 7) is 6.23. The highest BCUT2D eigenvalue weighted by molar-refractivity contribution is 6.21. The lowest BCUT2D eigenvalue weighted by Crippen LogP contribution is -2.30. The van der Waals surface area contributed by atoms with Crippen molar-refractivity contribution < 1.29 is 0 Å². The van der Waals surface area contributed by atoms with Crippen LogP contribution in [-0.2, 0) is 5.41 Å². The average molecular weight is 450 g/mol. The topological polar surface area (TPSA) is 69.1 Å². The molecule has 1 saturated carbocycles. The molecule has 0 atom stereocenters. The van der Waals surface area contributed by atoms with E-state index in [0.29, 0.717) is 11.7 Å². The van der Waals surface area contributed by atoms with Crippen LogP contribution < -0.4 is 5.73 Å². The lowest BCUT2D eigenvalue weighted by atomic mass is 9.66. The molecule has 0 aliphatic heterocycles. The van der Waals surface area contributed by atoms with Gasteiger partial charge in [0.25, 0.3) is 0 Å². The molecule has 0 saturated heterocycles. The molecule has 2 aliphatic carbocycles. The van der Waals surface area contributed by atoms with Crippen LogP contribution in [-0.4, -0.2) is 27.4 Å². The molecule has 3 aromatic rings. The number of fused-ring (bicyclic) bond motifs is 1. The fourth-order valence-corrected chi connectivity index (χ4v) is 4.87. The number of benzene rings is 1. The second kappa shape index (κ2) is 8.90. The van der Waals surface area contributed by atoms with Crippen molar-refractivity contribution in [1.29, 1.82) is 0 Å². The first kappa shape index (κ1) is 22.1. The van der Waals surface area contributed by atoms with Crippen molar-refractivity contribution in [3.63, 3.8) is 0 Å².